The van der Waals surface area contributed by atoms with Crippen LogP contribution >= 0.6 is 11.8 Å². The van der Waals surface area contributed by atoms with Gasteiger partial charge in [0.1, 0.15) is 29.8 Å². The van der Waals surface area contributed by atoms with E-state index in [-0.39, 0.29) is 11.4 Å². The Hall–Kier alpha value is -3.65. The minimum atomic E-state index is -0.455. The molecule has 0 saturated carbocycles. The van der Waals surface area contributed by atoms with Crippen LogP contribution in [0, 0.1) is 5.41 Å². The fourth-order valence-electron chi connectivity index (χ4n) is 3.33. The maximum atomic E-state index is 12.6. The molecule has 0 fully saturated rings. The van der Waals surface area contributed by atoms with Crippen LogP contribution in [0.4, 0.5) is 0 Å². The molecule has 0 radical (unpaired) electrons. The Bertz CT molecular complexity index is 1190. The van der Waals surface area contributed by atoms with Gasteiger partial charge in [-0.25, -0.2) is 0 Å². The lowest BCUT2D eigenvalue weighted by atomic mass is 10.1. The number of hydrogen-bond donors (Lipinski definition) is 1. The fourth-order valence-corrected chi connectivity index (χ4v) is 4.16. The zero-order chi connectivity index (χ0) is 23.2. The number of thioether (sulfide) groups is 1. The maximum absolute atomic E-state index is 12.6. The van der Waals surface area contributed by atoms with Crippen LogP contribution in [0.15, 0.2) is 76.9 Å². The van der Waals surface area contributed by atoms with Crippen molar-refractivity contribution in [2.75, 3.05) is 13.2 Å². The van der Waals surface area contributed by atoms with E-state index < -0.39 is 5.91 Å². The summed E-state index contributed by atoms with van der Waals surface area (Å²) in [5.41, 5.74) is 1.93. The largest absolute Gasteiger partial charge is 0.490 e. The Morgan fingerprint density at radius 2 is 1.79 bits per heavy atom. The number of hydrogen-bond acceptors (Lipinski definition) is 6. The summed E-state index contributed by atoms with van der Waals surface area (Å²) in [7, 11) is 0. The third-order valence-electron chi connectivity index (χ3n) is 4.95. The van der Waals surface area contributed by atoms with Crippen molar-refractivity contribution in [1.29, 1.82) is 5.41 Å². The van der Waals surface area contributed by atoms with Gasteiger partial charge in [-0.1, -0.05) is 49.4 Å². The van der Waals surface area contributed by atoms with Gasteiger partial charge in [0.15, 0.2) is 5.84 Å². The summed E-state index contributed by atoms with van der Waals surface area (Å²) >= 11 is 1.32. The Labute approximate surface area is 197 Å². The fraction of sp³-hybridized carbons (Fsp3) is 0.200. The maximum Gasteiger partial charge on any atom is 0.283 e. The van der Waals surface area contributed by atoms with Crippen LogP contribution in [-0.2, 0) is 11.2 Å². The number of allylic oxidation sites excluding steroid dienone is 1. The molecule has 168 valence electrons. The Kier molecular flexibility index (Phi) is 7.04. The van der Waals surface area contributed by atoms with E-state index in [0.29, 0.717) is 29.7 Å². The highest BCUT2D eigenvalue weighted by atomic mass is 32.2. The van der Waals surface area contributed by atoms with E-state index in [2.05, 4.69) is 16.7 Å². The van der Waals surface area contributed by atoms with Gasteiger partial charge in [0, 0.05) is 5.56 Å². The average Bonchev–Trinajstić information content (AvgIpc) is 3.25. The lowest BCUT2D eigenvalue weighted by Gasteiger charge is -2.20. The summed E-state index contributed by atoms with van der Waals surface area (Å²) in [6.07, 6.45) is 4.92. The van der Waals surface area contributed by atoms with Gasteiger partial charge in [0.2, 0.25) is 5.17 Å². The van der Waals surface area contributed by atoms with Crippen molar-refractivity contribution in [1.82, 2.24) is 5.01 Å². The number of rotatable bonds is 9. The van der Waals surface area contributed by atoms with Gasteiger partial charge >= 0.3 is 0 Å². The first-order valence-electron chi connectivity index (χ1n) is 10.6. The Balaban J connectivity index is 1.46. The van der Waals surface area contributed by atoms with Crippen molar-refractivity contribution in [3.05, 3.63) is 77.9 Å². The molecule has 7 nitrogen and oxygen atoms in total. The first-order chi connectivity index (χ1) is 16.1. The zero-order valence-electron chi connectivity index (χ0n) is 18.3. The molecule has 33 heavy (non-hydrogen) atoms. The van der Waals surface area contributed by atoms with Crippen LogP contribution in [0.5, 0.6) is 11.5 Å². The molecule has 2 aromatic carbocycles. The normalized spacial score (nSPS) is 16.4. The number of amides is 1. The van der Waals surface area contributed by atoms with Gasteiger partial charge in [-0.2, -0.15) is 15.1 Å². The number of para-hydroxylation sites is 2. The molecule has 0 unspecified atom stereocenters. The number of nitrogens with one attached hydrogen (secondary N) is 1. The number of amidine groups is 2. The predicted octanol–water partition coefficient (Wildman–Crippen LogP) is 4.90. The van der Waals surface area contributed by atoms with Crippen LogP contribution in [0.2, 0.25) is 0 Å². The topological polar surface area (TPSA) is 87.3 Å². The van der Waals surface area contributed by atoms with Gasteiger partial charge in [0.05, 0.1) is 5.57 Å². The van der Waals surface area contributed by atoms with Crippen molar-refractivity contribution in [2.24, 2.45) is 10.1 Å². The number of nitrogens with zero attached hydrogens (tertiary/aromatic N) is 3. The Morgan fingerprint density at radius 1 is 1.09 bits per heavy atom. The molecule has 0 aliphatic carbocycles. The van der Waals surface area contributed by atoms with Gasteiger partial charge in [0.25, 0.3) is 5.91 Å². The van der Waals surface area contributed by atoms with Crippen molar-refractivity contribution in [2.45, 2.75) is 19.8 Å². The monoisotopic (exact) mass is 460 g/mol. The molecule has 2 aliphatic rings. The quantitative estimate of drug-likeness (QED) is 0.327. The molecule has 0 spiro atoms. The molecule has 1 amide bonds. The molecule has 2 heterocycles. The molecular formula is C25H24N4O3S. The van der Waals surface area contributed by atoms with Gasteiger partial charge in [-0.15, -0.1) is 6.58 Å². The van der Waals surface area contributed by atoms with Crippen molar-refractivity contribution >= 4 is 39.8 Å². The van der Waals surface area contributed by atoms with E-state index in [9.17, 15) is 4.79 Å². The highest BCUT2D eigenvalue weighted by Crippen LogP contribution is 2.30. The van der Waals surface area contributed by atoms with Gasteiger partial charge in [-0.05, 0) is 48.4 Å². The lowest BCUT2D eigenvalue weighted by Crippen LogP contribution is -2.35. The molecule has 0 saturated heterocycles. The molecule has 8 heteroatoms. The standard InChI is InChI=1S/C25H24N4O3S/c1-3-9-17-10-5-7-12-20(17)31-14-15-32-21-13-8-6-11-18(21)16-19-23(26)29-25(27-24(19)30)33-22(4-2)28-29/h3,5-8,10-13,16,26H,1,4,9,14-15H2,2H3. The van der Waals surface area contributed by atoms with Crippen LogP contribution in [0.1, 0.15) is 24.5 Å². The molecular weight excluding hydrogens is 436 g/mol. The van der Waals surface area contributed by atoms with E-state index in [1.165, 1.54) is 16.8 Å². The zero-order valence-corrected chi connectivity index (χ0v) is 19.1. The summed E-state index contributed by atoms with van der Waals surface area (Å²) in [5.74, 6) is 0.958. The number of hydrazone groups is 1. The molecule has 0 aromatic heterocycles. The molecule has 0 atom stereocenters. The minimum absolute atomic E-state index is 0.0120. The highest BCUT2D eigenvalue weighted by molar-refractivity contribution is 8.26. The second kappa shape index (κ2) is 10.3. The number of ether oxygens (including phenoxy) is 2. The smallest absolute Gasteiger partial charge is 0.283 e. The summed E-state index contributed by atoms with van der Waals surface area (Å²) in [4.78, 5) is 16.7. The SMILES string of the molecule is C=CCc1ccccc1OCCOc1ccccc1C=C1C(=N)N2N=C(CC)SC2=NC1=O. The average molecular weight is 461 g/mol. The van der Waals surface area contributed by atoms with Crippen LogP contribution in [-0.4, -0.2) is 40.2 Å². The molecule has 0 bridgehead atoms. The Morgan fingerprint density at radius 3 is 2.55 bits per heavy atom. The summed E-state index contributed by atoms with van der Waals surface area (Å²) in [6.45, 7) is 6.44. The van der Waals surface area contributed by atoms with E-state index in [0.717, 1.165) is 29.2 Å². The van der Waals surface area contributed by atoms with Crippen molar-refractivity contribution < 1.29 is 14.3 Å². The summed E-state index contributed by atoms with van der Waals surface area (Å²) in [6, 6.07) is 15.2. The summed E-state index contributed by atoms with van der Waals surface area (Å²) < 4.78 is 11.8. The first kappa shape index (κ1) is 22.5. The first-order valence-corrected chi connectivity index (χ1v) is 11.4. The highest BCUT2D eigenvalue weighted by Gasteiger charge is 2.35. The van der Waals surface area contributed by atoms with Crippen LogP contribution in [0.3, 0.4) is 0 Å². The molecule has 2 aliphatic heterocycles. The molecule has 4 rings (SSSR count). The van der Waals surface area contributed by atoms with Gasteiger partial charge < -0.3 is 9.47 Å². The lowest BCUT2D eigenvalue weighted by molar-refractivity contribution is -0.114. The van der Waals surface area contributed by atoms with E-state index in [1.807, 2.05) is 61.5 Å². The minimum Gasteiger partial charge on any atom is -0.490 e. The van der Waals surface area contributed by atoms with Gasteiger partial charge in [-0.3, -0.25) is 10.2 Å². The third kappa shape index (κ3) is 5.06. The number of fused-ring (bicyclic) bond motifs is 1. The second-order valence-corrected chi connectivity index (χ2v) is 8.24. The molecule has 1 N–H and O–H groups in total. The summed E-state index contributed by atoms with van der Waals surface area (Å²) in [5, 5.41) is 15.5. The predicted molar refractivity (Wildman–Crippen MR) is 133 cm³/mol. The van der Waals surface area contributed by atoms with Crippen LogP contribution in [0.25, 0.3) is 6.08 Å². The number of benzene rings is 2. The number of aliphatic imine (C=N–C) groups is 1. The molecule has 2 aromatic rings. The van der Waals surface area contributed by atoms with Crippen LogP contribution < -0.4 is 9.47 Å². The third-order valence-corrected chi connectivity index (χ3v) is 6.01. The van der Waals surface area contributed by atoms with E-state index >= 15 is 0 Å². The van der Waals surface area contributed by atoms with Crippen molar-refractivity contribution in [3.63, 3.8) is 0 Å². The van der Waals surface area contributed by atoms with E-state index in [4.69, 9.17) is 14.9 Å². The number of carbonyl (C=O) groups is 1. The second-order valence-electron chi connectivity index (χ2n) is 7.20. The van der Waals surface area contributed by atoms with E-state index in [1.54, 1.807) is 6.08 Å². The number of carbonyl (C=O) groups excluding carboxylic acids is 1. The van der Waals surface area contributed by atoms with Crippen molar-refractivity contribution in [3.8, 4) is 11.5 Å².